The Balaban J connectivity index is 1.78. The third-order valence-corrected chi connectivity index (χ3v) is 5.28. The van der Waals surface area contributed by atoms with Crippen LogP contribution in [0.4, 0.5) is 0 Å². The van der Waals surface area contributed by atoms with Gasteiger partial charge >= 0.3 is 0 Å². The maximum atomic E-state index is 13.0. The third-order valence-electron chi connectivity index (χ3n) is 5.28. The summed E-state index contributed by atoms with van der Waals surface area (Å²) in [5, 5.41) is 9.88. The number of likely N-dealkylation sites (tertiary alicyclic amines) is 1. The van der Waals surface area contributed by atoms with Crippen LogP contribution >= 0.6 is 0 Å². The van der Waals surface area contributed by atoms with Crippen molar-refractivity contribution in [3.05, 3.63) is 53.1 Å². The van der Waals surface area contributed by atoms with Gasteiger partial charge in [-0.2, -0.15) is 0 Å². The van der Waals surface area contributed by atoms with Crippen LogP contribution in [-0.2, 0) is 0 Å². The summed E-state index contributed by atoms with van der Waals surface area (Å²) in [6, 6.07) is 10.0. The molecule has 0 radical (unpaired) electrons. The lowest BCUT2D eigenvalue weighted by molar-refractivity contribution is 0.0636. The van der Waals surface area contributed by atoms with Gasteiger partial charge in [-0.05, 0) is 50.1 Å². The van der Waals surface area contributed by atoms with Crippen LogP contribution in [0.25, 0.3) is 0 Å². The normalized spacial score (nSPS) is 16.5. The third kappa shape index (κ3) is 3.81. The Labute approximate surface area is 164 Å². The summed E-state index contributed by atoms with van der Waals surface area (Å²) >= 11 is 0. The van der Waals surface area contributed by atoms with Crippen LogP contribution in [-0.4, -0.2) is 49.0 Å². The second-order valence-electron chi connectivity index (χ2n) is 6.97. The predicted molar refractivity (Wildman–Crippen MR) is 105 cm³/mol. The number of rotatable bonds is 5. The fourth-order valence-corrected chi connectivity index (χ4v) is 3.63. The van der Waals surface area contributed by atoms with Crippen LogP contribution < -0.4 is 9.47 Å². The van der Waals surface area contributed by atoms with Gasteiger partial charge in [0.05, 0.1) is 14.2 Å². The number of nitrogens with zero attached hydrogens (tertiary/aromatic N) is 1. The molecule has 3 rings (SSSR count). The molecule has 28 heavy (non-hydrogen) atoms. The molecule has 6 nitrogen and oxygen atoms in total. The molecule has 1 saturated heterocycles. The van der Waals surface area contributed by atoms with Gasteiger partial charge in [-0.1, -0.05) is 6.07 Å². The van der Waals surface area contributed by atoms with Crippen LogP contribution in [0.5, 0.6) is 17.2 Å². The summed E-state index contributed by atoms with van der Waals surface area (Å²) in [5.74, 6) is 0.741. The van der Waals surface area contributed by atoms with Crippen molar-refractivity contribution in [2.75, 3.05) is 27.3 Å². The van der Waals surface area contributed by atoms with Gasteiger partial charge in [0, 0.05) is 35.7 Å². The topological polar surface area (TPSA) is 76.1 Å². The first kappa shape index (κ1) is 19.7. The van der Waals surface area contributed by atoms with Gasteiger partial charge in [-0.15, -0.1) is 0 Å². The van der Waals surface area contributed by atoms with E-state index in [1.54, 1.807) is 55.3 Å². The molecule has 0 saturated carbocycles. The lowest BCUT2D eigenvalue weighted by Crippen LogP contribution is -2.42. The van der Waals surface area contributed by atoms with E-state index in [9.17, 15) is 14.7 Å². The minimum Gasteiger partial charge on any atom is -0.508 e. The zero-order valence-corrected chi connectivity index (χ0v) is 16.4. The molecule has 1 atom stereocenters. The fourth-order valence-electron chi connectivity index (χ4n) is 3.63. The number of hydrogen-bond acceptors (Lipinski definition) is 5. The molecule has 6 heteroatoms. The average molecular weight is 383 g/mol. The molecule has 0 aliphatic carbocycles. The van der Waals surface area contributed by atoms with E-state index < -0.39 is 0 Å². The van der Waals surface area contributed by atoms with Crippen LogP contribution in [0.1, 0.15) is 39.1 Å². The van der Waals surface area contributed by atoms with Crippen molar-refractivity contribution >= 4 is 11.7 Å². The largest absolute Gasteiger partial charge is 0.508 e. The number of ketones is 1. The SMILES string of the molecule is COc1ccc(C(=O)[C@H]2CCCN(C(=O)c3cccc(O)c3C)C2)cc1OC. The Morgan fingerprint density at radius 3 is 2.57 bits per heavy atom. The Morgan fingerprint density at radius 1 is 1.11 bits per heavy atom. The number of carbonyl (C=O) groups excluding carboxylic acids is 2. The summed E-state index contributed by atoms with van der Waals surface area (Å²) in [4.78, 5) is 27.7. The number of piperidine rings is 1. The molecule has 2 aromatic rings. The summed E-state index contributed by atoms with van der Waals surface area (Å²) in [5.41, 5.74) is 1.57. The van der Waals surface area contributed by atoms with Gasteiger partial charge in [-0.25, -0.2) is 0 Å². The predicted octanol–water partition coefficient (Wildman–Crippen LogP) is 3.45. The van der Waals surface area contributed by atoms with Crippen LogP contribution in [0.3, 0.4) is 0 Å². The maximum Gasteiger partial charge on any atom is 0.254 e. The quantitative estimate of drug-likeness (QED) is 0.801. The van der Waals surface area contributed by atoms with Crippen molar-refractivity contribution in [3.8, 4) is 17.2 Å². The zero-order chi connectivity index (χ0) is 20.3. The highest BCUT2D eigenvalue weighted by Gasteiger charge is 2.30. The van der Waals surface area contributed by atoms with Crippen molar-refractivity contribution in [2.45, 2.75) is 19.8 Å². The number of Topliss-reactive ketones (excluding diaryl/α,β-unsaturated/α-hetero) is 1. The van der Waals surface area contributed by atoms with Crippen molar-refractivity contribution in [1.29, 1.82) is 0 Å². The number of methoxy groups -OCH3 is 2. The highest BCUT2D eigenvalue weighted by molar-refractivity contribution is 6.00. The number of phenolic OH excluding ortho intramolecular Hbond substituents is 1. The first-order valence-electron chi connectivity index (χ1n) is 9.30. The van der Waals surface area contributed by atoms with E-state index >= 15 is 0 Å². The van der Waals surface area contributed by atoms with Crippen molar-refractivity contribution in [2.24, 2.45) is 5.92 Å². The maximum absolute atomic E-state index is 13.0. The van der Waals surface area contributed by atoms with Crippen molar-refractivity contribution in [3.63, 3.8) is 0 Å². The fraction of sp³-hybridized carbons (Fsp3) is 0.364. The second-order valence-corrected chi connectivity index (χ2v) is 6.97. The van der Waals surface area contributed by atoms with Gasteiger partial charge in [0.1, 0.15) is 5.75 Å². The Kier molecular flexibility index (Phi) is 5.87. The molecule has 0 unspecified atom stereocenters. The Morgan fingerprint density at radius 2 is 1.86 bits per heavy atom. The van der Waals surface area contributed by atoms with Crippen molar-refractivity contribution < 1.29 is 24.2 Å². The van der Waals surface area contributed by atoms with E-state index in [4.69, 9.17) is 9.47 Å². The van der Waals surface area contributed by atoms with E-state index in [1.807, 2.05) is 0 Å². The van der Waals surface area contributed by atoms with Crippen LogP contribution in [0.2, 0.25) is 0 Å². The molecular weight excluding hydrogens is 358 g/mol. The minimum atomic E-state index is -0.270. The lowest BCUT2D eigenvalue weighted by atomic mass is 9.89. The smallest absolute Gasteiger partial charge is 0.254 e. The van der Waals surface area contributed by atoms with Crippen LogP contribution in [0.15, 0.2) is 36.4 Å². The van der Waals surface area contributed by atoms with E-state index in [-0.39, 0.29) is 23.4 Å². The van der Waals surface area contributed by atoms with Gasteiger partial charge in [-0.3, -0.25) is 9.59 Å². The first-order valence-corrected chi connectivity index (χ1v) is 9.30. The number of aromatic hydroxyl groups is 1. The Bertz CT molecular complexity index is 892. The minimum absolute atomic E-state index is 0.00826. The molecule has 1 amide bonds. The number of hydrogen-bond donors (Lipinski definition) is 1. The first-order chi connectivity index (χ1) is 13.5. The molecule has 1 aliphatic rings. The molecule has 1 aliphatic heterocycles. The highest BCUT2D eigenvalue weighted by Crippen LogP contribution is 2.30. The highest BCUT2D eigenvalue weighted by atomic mass is 16.5. The molecule has 1 heterocycles. The standard InChI is InChI=1S/C22H25NO5/c1-14-17(7-4-8-18(14)24)22(26)23-11-5-6-16(13-23)21(25)15-9-10-19(27-2)20(12-15)28-3/h4,7-10,12,16,24H,5-6,11,13H2,1-3H3/t16-/m0/s1. The van der Waals surface area contributed by atoms with Gasteiger partial charge < -0.3 is 19.5 Å². The number of amides is 1. The zero-order valence-electron chi connectivity index (χ0n) is 16.4. The number of benzene rings is 2. The average Bonchev–Trinajstić information content (AvgIpc) is 2.74. The van der Waals surface area contributed by atoms with E-state index in [1.165, 1.54) is 7.11 Å². The molecule has 1 N–H and O–H groups in total. The number of ether oxygens (including phenoxy) is 2. The molecule has 2 aromatic carbocycles. The second kappa shape index (κ2) is 8.33. The molecule has 0 aromatic heterocycles. The monoisotopic (exact) mass is 383 g/mol. The molecule has 0 spiro atoms. The van der Waals surface area contributed by atoms with Gasteiger partial charge in [0.15, 0.2) is 17.3 Å². The van der Waals surface area contributed by atoms with E-state index in [0.717, 1.165) is 12.8 Å². The molecule has 0 bridgehead atoms. The van der Waals surface area contributed by atoms with Crippen molar-refractivity contribution in [1.82, 2.24) is 4.90 Å². The summed E-state index contributed by atoms with van der Waals surface area (Å²) in [7, 11) is 3.08. The summed E-state index contributed by atoms with van der Waals surface area (Å²) < 4.78 is 10.5. The van der Waals surface area contributed by atoms with E-state index in [0.29, 0.717) is 41.3 Å². The Hall–Kier alpha value is -3.02. The van der Waals surface area contributed by atoms with Gasteiger partial charge in [0.2, 0.25) is 0 Å². The molecule has 148 valence electrons. The van der Waals surface area contributed by atoms with Gasteiger partial charge in [0.25, 0.3) is 5.91 Å². The number of phenols is 1. The molecular formula is C22H25NO5. The summed E-state index contributed by atoms with van der Waals surface area (Å²) in [6.07, 6.45) is 1.49. The van der Waals surface area contributed by atoms with E-state index in [2.05, 4.69) is 0 Å². The lowest BCUT2D eigenvalue weighted by Gasteiger charge is -2.32. The number of carbonyl (C=O) groups is 2. The molecule has 1 fully saturated rings. The van der Waals surface area contributed by atoms with Crippen LogP contribution in [0, 0.1) is 12.8 Å². The summed E-state index contributed by atoms with van der Waals surface area (Å²) in [6.45, 7) is 2.68.